The van der Waals surface area contributed by atoms with Crippen LogP contribution in [0.2, 0.25) is 0 Å². The van der Waals surface area contributed by atoms with E-state index in [1.165, 1.54) is 0 Å². The van der Waals surface area contributed by atoms with Crippen molar-refractivity contribution in [2.75, 3.05) is 19.4 Å². The minimum Gasteiger partial charge on any atom is -0.496 e. The van der Waals surface area contributed by atoms with Crippen molar-refractivity contribution in [3.05, 3.63) is 29.8 Å². The lowest BCUT2D eigenvalue weighted by atomic mass is 9.95. The molecular weight excluding hydrogens is 461 g/mol. The SMILES string of the molecule is CCNC(=NCc1ccccc1OC)NC1CCCC(S(=O)CC)C1.I. The second-order valence-corrected chi connectivity index (χ2v) is 8.31. The van der Waals surface area contributed by atoms with Crippen LogP contribution in [0.1, 0.15) is 45.1 Å². The monoisotopic (exact) mass is 493 g/mol. The molecule has 0 aromatic heterocycles. The van der Waals surface area contributed by atoms with Crippen LogP contribution in [0.25, 0.3) is 0 Å². The van der Waals surface area contributed by atoms with Crippen molar-refractivity contribution in [3.8, 4) is 5.75 Å². The van der Waals surface area contributed by atoms with Gasteiger partial charge in [-0.1, -0.05) is 31.5 Å². The van der Waals surface area contributed by atoms with Crippen molar-refractivity contribution in [1.29, 1.82) is 0 Å². The Balaban J connectivity index is 0.00000338. The van der Waals surface area contributed by atoms with Crippen molar-refractivity contribution >= 4 is 40.7 Å². The van der Waals surface area contributed by atoms with Crippen LogP contribution in [0.15, 0.2) is 29.3 Å². The molecular formula is C19H32IN3O2S. The molecule has 0 saturated heterocycles. The van der Waals surface area contributed by atoms with Crippen LogP contribution in [0.5, 0.6) is 5.75 Å². The summed E-state index contributed by atoms with van der Waals surface area (Å²) in [4.78, 5) is 4.72. The number of nitrogens with zero attached hydrogens (tertiary/aromatic N) is 1. The fraction of sp³-hybridized carbons (Fsp3) is 0.632. The Morgan fingerprint density at radius 1 is 1.31 bits per heavy atom. The van der Waals surface area contributed by atoms with Gasteiger partial charge in [-0.2, -0.15) is 0 Å². The third-order valence-electron chi connectivity index (χ3n) is 4.57. The lowest BCUT2D eigenvalue weighted by Crippen LogP contribution is -2.46. The third kappa shape index (κ3) is 7.06. The van der Waals surface area contributed by atoms with Gasteiger partial charge in [-0.15, -0.1) is 24.0 Å². The van der Waals surface area contributed by atoms with E-state index in [0.29, 0.717) is 17.8 Å². The molecule has 2 N–H and O–H groups in total. The maximum atomic E-state index is 12.1. The number of ether oxygens (including phenoxy) is 1. The number of hydrogen-bond acceptors (Lipinski definition) is 3. The molecule has 0 radical (unpaired) electrons. The van der Waals surface area contributed by atoms with E-state index in [2.05, 4.69) is 17.6 Å². The van der Waals surface area contributed by atoms with E-state index in [1.807, 2.05) is 31.2 Å². The Labute approximate surface area is 177 Å². The lowest BCUT2D eigenvalue weighted by Gasteiger charge is -2.30. The molecule has 1 fully saturated rings. The average Bonchev–Trinajstić information content (AvgIpc) is 2.66. The Morgan fingerprint density at radius 3 is 2.77 bits per heavy atom. The van der Waals surface area contributed by atoms with E-state index >= 15 is 0 Å². The Hall–Kier alpha value is -0.830. The van der Waals surface area contributed by atoms with Crippen LogP contribution < -0.4 is 15.4 Å². The van der Waals surface area contributed by atoms with E-state index in [-0.39, 0.29) is 24.0 Å². The third-order valence-corrected chi connectivity index (χ3v) is 6.31. The van der Waals surface area contributed by atoms with E-state index in [9.17, 15) is 4.21 Å². The van der Waals surface area contributed by atoms with Gasteiger partial charge < -0.3 is 15.4 Å². The van der Waals surface area contributed by atoms with Crippen molar-refractivity contribution in [1.82, 2.24) is 10.6 Å². The Kier molecular flexibility index (Phi) is 11.2. The number of benzene rings is 1. The van der Waals surface area contributed by atoms with Gasteiger partial charge in [-0.25, -0.2) is 4.99 Å². The molecule has 0 heterocycles. The van der Waals surface area contributed by atoms with Gasteiger partial charge in [0.1, 0.15) is 5.75 Å². The average molecular weight is 493 g/mol. The molecule has 1 aliphatic rings. The van der Waals surface area contributed by atoms with Gasteiger partial charge in [0.05, 0.1) is 13.7 Å². The molecule has 0 aliphatic heterocycles. The zero-order chi connectivity index (χ0) is 18.1. The highest BCUT2D eigenvalue weighted by molar-refractivity contribution is 14.0. The molecule has 1 saturated carbocycles. The summed E-state index contributed by atoms with van der Waals surface area (Å²) in [5.41, 5.74) is 1.07. The van der Waals surface area contributed by atoms with Crippen molar-refractivity contribution in [2.24, 2.45) is 4.99 Å². The molecule has 148 valence electrons. The number of para-hydroxylation sites is 1. The molecule has 7 heteroatoms. The first-order valence-corrected chi connectivity index (χ1v) is 10.6. The zero-order valence-electron chi connectivity index (χ0n) is 16.0. The van der Waals surface area contributed by atoms with Crippen LogP contribution in [0, 0.1) is 0 Å². The maximum Gasteiger partial charge on any atom is 0.191 e. The van der Waals surface area contributed by atoms with Gasteiger partial charge in [0.2, 0.25) is 0 Å². The van der Waals surface area contributed by atoms with Crippen LogP contribution in [0.3, 0.4) is 0 Å². The molecule has 26 heavy (non-hydrogen) atoms. The number of hydrogen-bond donors (Lipinski definition) is 2. The highest BCUT2D eigenvalue weighted by atomic mass is 127. The van der Waals surface area contributed by atoms with E-state index in [1.54, 1.807) is 7.11 Å². The minimum atomic E-state index is -0.707. The zero-order valence-corrected chi connectivity index (χ0v) is 19.1. The normalized spacial score (nSPS) is 21.4. The summed E-state index contributed by atoms with van der Waals surface area (Å²) >= 11 is 0. The molecule has 3 unspecified atom stereocenters. The molecule has 1 aliphatic carbocycles. The Morgan fingerprint density at radius 2 is 2.08 bits per heavy atom. The number of rotatable bonds is 7. The maximum absolute atomic E-state index is 12.1. The van der Waals surface area contributed by atoms with Crippen LogP contribution >= 0.6 is 24.0 Å². The van der Waals surface area contributed by atoms with Gasteiger partial charge in [-0.05, 0) is 32.3 Å². The standard InChI is InChI=1S/C19H31N3O2S.HI/c1-4-20-19(21-14-15-9-6-7-12-18(15)24-3)22-16-10-8-11-17(13-16)25(23)5-2;/h6-7,9,12,16-17H,4-5,8,10-11,13-14H2,1-3H3,(H2,20,21,22);1H. The topological polar surface area (TPSA) is 62.7 Å². The van der Waals surface area contributed by atoms with Crippen molar-refractivity contribution < 1.29 is 8.95 Å². The molecule has 5 nitrogen and oxygen atoms in total. The van der Waals surface area contributed by atoms with Gasteiger partial charge in [-0.3, -0.25) is 4.21 Å². The van der Waals surface area contributed by atoms with Crippen LogP contribution in [0.4, 0.5) is 0 Å². The summed E-state index contributed by atoms with van der Waals surface area (Å²) in [6, 6.07) is 8.29. The summed E-state index contributed by atoms with van der Waals surface area (Å²) in [6.45, 7) is 5.45. The lowest BCUT2D eigenvalue weighted by molar-refractivity contribution is 0.409. The highest BCUT2D eigenvalue weighted by Gasteiger charge is 2.26. The van der Waals surface area contributed by atoms with Gasteiger partial charge in [0, 0.05) is 40.0 Å². The van der Waals surface area contributed by atoms with Gasteiger partial charge in [0.15, 0.2) is 5.96 Å². The summed E-state index contributed by atoms with van der Waals surface area (Å²) in [5.74, 6) is 2.43. The van der Waals surface area contributed by atoms with E-state index in [0.717, 1.165) is 55.3 Å². The Bertz CT molecular complexity index is 598. The number of aliphatic imine (C=N–C) groups is 1. The number of guanidine groups is 1. The molecule has 0 bridgehead atoms. The quantitative estimate of drug-likeness (QED) is 0.347. The van der Waals surface area contributed by atoms with E-state index in [4.69, 9.17) is 9.73 Å². The predicted molar refractivity (Wildman–Crippen MR) is 121 cm³/mol. The summed E-state index contributed by atoms with van der Waals surface area (Å²) in [5, 5.41) is 7.17. The predicted octanol–water partition coefficient (Wildman–Crippen LogP) is 3.45. The first-order chi connectivity index (χ1) is 12.2. The van der Waals surface area contributed by atoms with Crippen molar-refractivity contribution in [2.45, 2.75) is 57.4 Å². The highest BCUT2D eigenvalue weighted by Crippen LogP contribution is 2.23. The van der Waals surface area contributed by atoms with Gasteiger partial charge in [0.25, 0.3) is 0 Å². The summed E-state index contributed by atoms with van der Waals surface area (Å²) in [6.07, 6.45) is 4.27. The first kappa shape index (κ1) is 23.2. The number of nitrogens with one attached hydrogen (secondary N) is 2. The molecule has 0 amide bonds. The fourth-order valence-corrected chi connectivity index (χ4v) is 4.61. The number of methoxy groups -OCH3 is 1. The molecule has 0 spiro atoms. The molecule has 3 atom stereocenters. The first-order valence-electron chi connectivity index (χ1n) is 9.21. The number of halogens is 1. The summed E-state index contributed by atoms with van der Waals surface area (Å²) in [7, 11) is 0.975. The van der Waals surface area contributed by atoms with Gasteiger partial charge >= 0.3 is 0 Å². The fourth-order valence-electron chi connectivity index (χ4n) is 3.26. The summed E-state index contributed by atoms with van der Waals surface area (Å²) < 4.78 is 17.5. The molecule has 1 aromatic carbocycles. The van der Waals surface area contributed by atoms with Crippen LogP contribution in [-0.4, -0.2) is 40.9 Å². The minimum absolute atomic E-state index is 0. The van der Waals surface area contributed by atoms with Crippen LogP contribution in [-0.2, 0) is 17.3 Å². The second-order valence-electron chi connectivity index (χ2n) is 6.31. The molecule has 1 aromatic rings. The van der Waals surface area contributed by atoms with E-state index < -0.39 is 10.8 Å². The largest absolute Gasteiger partial charge is 0.496 e. The smallest absolute Gasteiger partial charge is 0.191 e. The van der Waals surface area contributed by atoms with Crippen molar-refractivity contribution in [3.63, 3.8) is 0 Å². The second kappa shape index (κ2) is 12.5. The molecule has 2 rings (SSSR count).